The lowest BCUT2D eigenvalue weighted by Crippen LogP contribution is -2.30. The maximum absolute atomic E-state index is 12.9. The number of hydrogen-bond donors (Lipinski definition) is 0. The fourth-order valence-corrected chi connectivity index (χ4v) is 8.25. The monoisotopic (exact) mass is 963 g/mol. The summed E-state index contributed by atoms with van der Waals surface area (Å²) < 4.78 is 16.9. The standard InChI is InChI=1S/C63H110O6/c1-4-7-10-13-16-19-22-25-28-29-30-31-32-33-36-39-42-45-48-51-54-57-63(66)69-60(58-67-61(64)55-52-49-46-43-40-37-34-26-23-20-17-14-11-8-5-2)59-68-62(65)56-53-50-47-44-41-38-35-27-24-21-18-15-12-9-6-3/h8,11,17-18,20-21,25-28,34-35,60H,4-7,9-10,12-16,19,22-24,29-33,36-59H2,1-3H3/b11-8-,20-17-,21-18-,28-25-,34-26-,35-27-/t60-/m1/s1. The van der Waals surface area contributed by atoms with E-state index in [1.54, 1.807) is 0 Å². The predicted molar refractivity (Wildman–Crippen MR) is 298 cm³/mol. The van der Waals surface area contributed by atoms with E-state index in [1.165, 1.54) is 135 Å². The van der Waals surface area contributed by atoms with Gasteiger partial charge in [-0.3, -0.25) is 14.4 Å². The molecule has 0 spiro atoms. The normalized spacial score (nSPS) is 12.6. The number of carbonyl (C=O) groups excluding carboxylic acids is 3. The van der Waals surface area contributed by atoms with Crippen LogP contribution in [0.3, 0.4) is 0 Å². The first-order chi connectivity index (χ1) is 34.0. The lowest BCUT2D eigenvalue weighted by molar-refractivity contribution is -0.167. The molecule has 0 heterocycles. The van der Waals surface area contributed by atoms with Crippen LogP contribution in [0, 0.1) is 0 Å². The molecule has 0 unspecified atom stereocenters. The van der Waals surface area contributed by atoms with Gasteiger partial charge in [0.15, 0.2) is 6.10 Å². The summed E-state index contributed by atoms with van der Waals surface area (Å²) in [5.41, 5.74) is 0. The van der Waals surface area contributed by atoms with Gasteiger partial charge < -0.3 is 14.2 Å². The van der Waals surface area contributed by atoms with Crippen LogP contribution in [0.25, 0.3) is 0 Å². The van der Waals surface area contributed by atoms with E-state index >= 15 is 0 Å². The summed E-state index contributed by atoms with van der Waals surface area (Å²) in [5.74, 6) is -0.909. The number of carbonyl (C=O) groups is 3. The molecule has 0 aromatic carbocycles. The van der Waals surface area contributed by atoms with Crippen LogP contribution in [0.2, 0.25) is 0 Å². The molecule has 0 aromatic heterocycles. The number of rotatable bonds is 53. The van der Waals surface area contributed by atoms with E-state index in [-0.39, 0.29) is 31.1 Å². The van der Waals surface area contributed by atoms with Gasteiger partial charge in [0.1, 0.15) is 13.2 Å². The van der Waals surface area contributed by atoms with Gasteiger partial charge in [-0.2, -0.15) is 0 Å². The van der Waals surface area contributed by atoms with Crippen molar-refractivity contribution in [2.45, 2.75) is 297 Å². The summed E-state index contributed by atoms with van der Waals surface area (Å²) in [5, 5.41) is 0. The highest BCUT2D eigenvalue weighted by Gasteiger charge is 2.19. The lowest BCUT2D eigenvalue weighted by Gasteiger charge is -2.18. The molecule has 398 valence electrons. The highest BCUT2D eigenvalue weighted by Crippen LogP contribution is 2.15. The summed E-state index contributed by atoms with van der Waals surface area (Å²) in [4.78, 5) is 38.2. The third-order valence-electron chi connectivity index (χ3n) is 12.7. The molecule has 0 N–H and O–H groups in total. The Labute approximate surface area is 427 Å². The van der Waals surface area contributed by atoms with Gasteiger partial charge >= 0.3 is 17.9 Å². The summed E-state index contributed by atoms with van der Waals surface area (Å²) in [6, 6.07) is 0. The Morgan fingerprint density at radius 1 is 0.304 bits per heavy atom. The smallest absolute Gasteiger partial charge is 0.306 e. The minimum absolute atomic E-state index is 0.0878. The third kappa shape index (κ3) is 55.6. The van der Waals surface area contributed by atoms with Crippen molar-refractivity contribution in [1.82, 2.24) is 0 Å². The first kappa shape index (κ1) is 65.8. The molecule has 0 aliphatic carbocycles. The maximum Gasteiger partial charge on any atom is 0.306 e. The van der Waals surface area contributed by atoms with E-state index < -0.39 is 6.10 Å². The fourth-order valence-electron chi connectivity index (χ4n) is 8.25. The molecule has 0 aliphatic rings. The third-order valence-corrected chi connectivity index (χ3v) is 12.7. The fraction of sp³-hybridized carbons (Fsp3) is 0.762. The molecule has 0 aromatic rings. The average molecular weight is 964 g/mol. The topological polar surface area (TPSA) is 78.9 Å². The van der Waals surface area contributed by atoms with Crippen LogP contribution in [0.5, 0.6) is 0 Å². The Bertz CT molecular complexity index is 1290. The molecule has 0 aliphatic heterocycles. The molecule has 6 heteroatoms. The van der Waals surface area contributed by atoms with Crippen LogP contribution in [0.4, 0.5) is 0 Å². The van der Waals surface area contributed by atoms with E-state index in [1.807, 2.05) is 0 Å². The van der Waals surface area contributed by atoms with Crippen LogP contribution < -0.4 is 0 Å². The second-order valence-corrected chi connectivity index (χ2v) is 19.5. The van der Waals surface area contributed by atoms with E-state index in [4.69, 9.17) is 14.2 Å². The molecule has 0 saturated carbocycles. The summed E-state index contributed by atoms with van der Waals surface area (Å²) in [6.07, 6.45) is 73.2. The Balaban J connectivity index is 4.38. The zero-order valence-electron chi connectivity index (χ0n) is 45.6. The van der Waals surface area contributed by atoms with Gasteiger partial charge in [0.2, 0.25) is 0 Å². The number of ether oxygens (including phenoxy) is 3. The largest absolute Gasteiger partial charge is 0.462 e. The first-order valence-corrected chi connectivity index (χ1v) is 29.4. The van der Waals surface area contributed by atoms with Gasteiger partial charge in [0.25, 0.3) is 0 Å². The van der Waals surface area contributed by atoms with Crippen molar-refractivity contribution in [2.24, 2.45) is 0 Å². The zero-order chi connectivity index (χ0) is 50.0. The number of allylic oxidation sites excluding steroid dienone is 12. The van der Waals surface area contributed by atoms with E-state index in [0.717, 1.165) is 116 Å². The lowest BCUT2D eigenvalue weighted by atomic mass is 10.0. The van der Waals surface area contributed by atoms with Crippen LogP contribution in [-0.4, -0.2) is 37.2 Å². The Morgan fingerprint density at radius 2 is 0.565 bits per heavy atom. The van der Waals surface area contributed by atoms with Crippen molar-refractivity contribution in [3.8, 4) is 0 Å². The van der Waals surface area contributed by atoms with Gasteiger partial charge in [0, 0.05) is 19.3 Å². The quantitative estimate of drug-likeness (QED) is 0.0262. The van der Waals surface area contributed by atoms with Crippen LogP contribution in [-0.2, 0) is 28.6 Å². The van der Waals surface area contributed by atoms with Crippen molar-refractivity contribution < 1.29 is 28.6 Å². The number of unbranched alkanes of at least 4 members (excludes halogenated alkanes) is 30. The van der Waals surface area contributed by atoms with Gasteiger partial charge in [-0.1, -0.05) is 235 Å². The minimum atomic E-state index is -0.789. The molecule has 0 bridgehead atoms. The highest BCUT2D eigenvalue weighted by atomic mass is 16.6. The van der Waals surface area contributed by atoms with Crippen LogP contribution >= 0.6 is 0 Å². The maximum atomic E-state index is 12.9. The molecule has 69 heavy (non-hydrogen) atoms. The molecule has 6 nitrogen and oxygen atoms in total. The van der Waals surface area contributed by atoms with Crippen LogP contribution in [0.15, 0.2) is 72.9 Å². The second kappa shape index (κ2) is 57.4. The predicted octanol–water partition coefficient (Wildman–Crippen LogP) is 19.8. The van der Waals surface area contributed by atoms with Gasteiger partial charge in [-0.25, -0.2) is 0 Å². The Kier molecular flexibility index (Phi) is 54.8. The van der Waals surface area contributed by atoms with Crippen molar-refractivity contribution in [3.63, 3.8) is 0 Å². The van der Waals surface area contributed by atoms with Gasteiger partial charge in [-0.15, -0.1) is 0 Å². The molecule has 0 fully saturated rings. The molecule has 0 radical (unpaired) electrons. The molecule has 0 rings (SSSR count). The summed E-state index contributed by atoms with van der Waals surface area (Å²) >= 11 is 0. The van der Waals surface area contributed by atoms with Gasteiger partial charge in [-0.05, 0) is 109 Å². The van der Waals surface area contributed by atoms with Crippen molar-refractivity contribution in [3.05, 3.63) is 72.9 Å². The molecule has 1 atom stereocenters. The average Bonchev–Trinajstić information content (AvgIpc) is 3.35. The first-order valence-electron chi connectivity index (χ1n) is 29.4. The SMILES string of the molecule is CC/C=C\C/C=C\C/C=C\CCCCCCCC(=O)OC[C@H](COC(=O)CCCCCCC/C=C\C/C=C\CCCCC)OC(=O)CCCCCCCCCCCCC/C=C\CCCCCCCC. The molecule has 0 saturated heterocycles. The minimum Gasteiger partial charge on any atom is -0.462 e. The summed E-state index contributed by atoms with van der Waals surface area (Å²) in [7, 11) is 0. The second-order valence-electron chi connectivity index (χ2n) is 19.5. The Hall–Kier alpha value is -3.15. The Morgan fingerprint density at radius 3 is 0.928 bits per heavy atom. The molecule has 0 amide bonds. The molecular formula is C63H110O6. The highest BCUT2D eigenvalue weighted by molar-refractivity contribution is 5.71. The van der Waals surface area contributed by atoms with Crippen molar-refractivity contribution in [2.75, 3.05) is 13.2 Å². The van der Waals surface area contributed by atoms with Crippen molar-refractivity contribution >= 4 is 17.9 Å². The van der Waals surface area contributed by atoms with Crippen molar-refractivity contribution in [1.29, 1.82) is 0 Å². The zero-order valence-corrected chi connectivity index (χ0v) is 45.6. The van der Waals surface area contributed by atoms with E-state index in [2.05, 4.69) is 93.7 Å². The number of hydrogen-bond acceptors (Lipinski definition) is 6. The van der Waals surface area contributed by atoms with E-state index in [0.29, 0.717) is 19.3 Å². The summed E-state index contributed by atoms with van der Waals surface area (Å²) in [6.45, 7) is 6.49. The van der Waals surface area contributed by atoms with Crippen LogP contribution in [0.1, 0.15) is 290 Å². The van der Waals surface area contributed by atoms with E-state index in [9.17, 15) is 14.4 Å². The number of esters is 3. The molecular weight excluding hydrogens is 853 g/mol. The van der Waals surface area contributed by atoms with Gasteiger partial charge in [0.05, 0.1) is 0 Å².